The van der Waals surface area contributed by atoms with Crippen LogP contribution >= 0.6 is 0 Å². The number of methoxy groups -OCH3 is 1. The van der Waals surface area contributed by atoms with Gasteiger partial charge >= 0.3 is 6.03 Å². The van der Waals surface area contributed by atoms with Crippen molar-refractivity contribution in [3.8, 4) is 0 Å². The van der Waals surface area contributed by atoms with Crippen molar-refractivity contribution in [2.24, 2.45) is 0 Å². The first-order valence-corrected chi connectivity index (χ1v) is 11.5. The summed E-state index contributed by atoms with van der Waals surface area (Å²) >= 11 is 0. The Bertz CT molecular complexity index is 1020. The Hall–Kier alpha value is -2.72. The van der Waals surface area contributed by atoms with E-state index in [1.54, 1.807) is 7.11 Å². The topological polar surface area (TPSA) is 122 Å². The minimum absolute atomic E-state index is 0.182. The number of ether oxygens (including phenoxy) is 1. The second kappa shape index (κ2) is 8.57. The number of aryl methyl sites for hydroxylation is 2. The van der Waals surface area contributed by atoms with Gasteiger partial charge in [-0.1, -0.05) is 6.07 Å². The molecule has 2 aliphatic rings. The Morgan fingerprint density at radius 2 is 1.70 bits per heavy atom. The Kier molecular flexibility index (Phi) is 5.87. The van der Waals surface area contributed by atoms with Crippen LogP contribution in [0.3, 0.4) is 0 Å². The quantitative estimate of drug-likeness (QED) is 0.573. The molecule has 0 spiro atoms. The zero-order chi connectivity index (χ0) is 21.1. The van der Waals surface area contributed by atoms with Crippen LogP contribution in [0.15, 0.2) is 23.4 Å². The van der Waals surface area contributed by atoms with Crippen molar-refractivity contribution in [2.45, 2.75) is 43.4 Å². The number of rotatable bonds is 7. The zero-order valence-corrected chi connectivity index (χ0v) is 17.6. The molecule has 1 heterocycles. The molecule has 3 N–H and O–H groups in total. The van der Waals surface area contributed by atoms with E-state index in [9.17, 15) is 13.2 Å². The van der Waals surface area contributed by atoms with E-state index in [2.05, 4.69) is 31.4 Å². The van der Waals surface area contributed by atoms with Gasteiger partial charge in [-0.2, -0.15) is 0 Å². The van der Waals surface area contributed by atoms with Crippen LogP contribution in [-0.4, -0.2) is 44.7 Å². The number of nitrogens with zero attached hydrogens (tertiary/aromatic N) is 2. The number of hydrogen-bond acceptors (Lipinski definition) is 7. The second-order valence-corrected chi connectivity index (χ2v) is 9.14. The second-order valence-electron chi connectivity index (χ2n) is 7.46. The summed E-state index contributed by atoms with van der Waals surface area (Å²) in [4.78, 5) is 20.3. The summed E-state index contributed by atoms with van der Waals surface area (Å²) in [6.45, 7) is 0.965. The van der Waals surface area contributed by atoms with E-state index in [0.717, 1.165) is 67.7 Å². The van der Waals surface area contributed by atoms with Gasteiger partial charge in [0.2, 0.25) is 5.95 Å². The van der Waals surface area contributed by atoms with Gasteiger partial charge in [-0.05, 0) is 60.8 Å². The summed E-state index contributed by atoms with van der Waals surface area (Å²) in [5.74, 6) is 0.283. The lowest BCUT2D eigenvalue weighted by Crippen LogP contribution is -2.35. The molecule has 160 valence electrons. The maximum Gasteiger partial charge on any atom is 0.333 e. The SMILES string of the molecule is COCCNc1ncc(S(=O)(=O)NC(=O)Nc2c3c(cc4c2CCC4)CCC3)cn1. The van der Waals surface area contributed by atoms with Crippen LogP contribution in [0.1, 0.15) is 35.1 Å². The van der Waals surface area contributed by atoms with Crippen LogP contribution in [0.25, 0.3) is 0 Å². The molecular weight excluding hydrogens is 406 g/mol. The monoisotopic (exact) mass is 431 g/mol. The zero-order valence-electron chi connectivity index (χ0n) is 16.8. The first-order valence-electron chi connectivity index (χ1n) is 10.0. The highest BCUT2D eigenvalue weighted by molar-refractivity contribution is 7.90. The summed E-state index contributed by atoms with van der Waals surface area (Å²) in [6.07, 6.45) is 8.22. The highest BCUT2D eigenvalue weighted by Crippen LogP contribution is 2.38. The van der Waals surface area contributed by atoms with Gasteiger partial charge in [0.25, 0.3) is 10.0 Å². The fourth-order valence-electron chi connectivity index (χ4n) is 4.10. The number of sulfonamides is 1. The number of hydrogen-bond donors (Lipinski definition) is 3. The number of carbonyl (C=O) groups is 1. The summed E-state index contributed by atoms with van der Waals surface area (Å²) in [5.41, 5.74) is 5.59. The standard InChI is InChI=1S/C20H25N5O4S/c1-29-9-8-21-19-22-11-15(12-23-19)30(27,28)25-20(26)24-18-16-6-2-4-13(16)10-14-5-3-7-17(14)18/h10-12H,2-9H2,1H3,(H,21,22,23)(H2,24,25,26). The molecule has 1 aromatic carbocycles. The highest BCUT2D eigenvalue weighted by Gasteiger charge is 2.26. The molecule has 0 unspecified atom stereocenters. The van der Waals surface area contributed by atoms with Crippen molar-refractivity contribution < 1.29 is 17.9 Å². The normalized spacial score (nSPS) is 14.8. The number of nitrogens with one attached hydrogen (secondary N) is 3. The Labute approximate surface area is 175 Å². The van der Waals surface area contributed by atoms with Gasteiger partial charge in [0.05, 0.1) is 19.0 Å². The van der Waals surface area contributed by atoms with E-state index in [0.29, 0.717) is 13.2 Å². The van der Waals surface area contributed by atoms with Crippen LogP contribution in [0.2, 0.25) is 0 Å². The predicted octanol–water partition coefficient (Wildman–Crippen LogP) is 2.02. The van der Waals surface area contributed by atoms with Gasteiger partial charge in [0.1, 0.15) is 4.90 Å². The van der Waals surface area contributed by atoms with Gasteiger partial charge in [-0.15, -0.1) is 0 Å². The Balaban J connectivity index is 1.47. The number of urea groups is 1. The molecule has 0 saturated heterocycles. The van der Waals surface area contributed by atoms with Crippen LogP contribution < -0.4 is 15.4 Å². The van der Waals surface area contributed by atoms with E-state index in [1.165, 1.54) is 11.1 Å². The Morgan fingerprint density at radius 1 is 1.07 bits per heavy atom. The smallest absolute Gasteiger partial charge is 0.333 e. The summed E-state index contributed by atoms with van der Waals surface area (Å²) in [5, 5.41) is 5.72. The van der Waals surface area contributed by atoms with Crippen LogP contribution in [0, 0.1) is 0 Å². The molecular formula is C20H25N5O4S. The molecule has 10 heteroatoms. The summed E-state index contributed by atoms with van der Waals surface area (Å²) in [6, 6.07) is 1.48. The van der Waals surface area contributed by atoms with Gasteiger partial charge in [-0.25, -0.2) is 27.9 Å². The van der Waals surface area contributed by atoms with E-state index in [-0.39, 0.29) is 10.8 Å². The lowest BCUT2D eigenvalue weighted by molar-refractivity contribution is 0.210. The lowest BCUT2D eigenvalue weighted by atomic mass is 9.99. The van der Waals surface area contributed by atoms with Gasteiger partial charge < -0.3 is 15.4 Å². The minimum atomic E-state index is -4.09. The minimum Gasteiger partial charge on any atom is -0.383 e. The lowest BCUT2D eigenvalue weighted by Gasteiger charge is -2.16. The van der Waals surface area contributed by atoms with E-state index < -0.39 is 16.1 Å². The molecule has 4 rings (SSSR count). The van der Waals surface area contributed by atoms with Crippen molar-refractivity contribution in [1.82, 2.24) is 14.7 Å². The molecule has 0 bridgehead atoms. The number of fused-ring (bicyclic) bond motifs is 2. The average Bonchev–Trinajstić information content (AvgIpc) is 3.37. The number of carbonyl (C=O) groups excluding carboxylic acids is 1. The maximum atomic E-state index is 12.6. The molecule has 2 aromatic rings. The largest absolute Gasteiger partial charge is 0.383 e. The number of aromatic nitrogens is 2. The van der Waals surface area contributed by atoms with Crippen LogP contribution in [0.5, 0.6) is 0 Å². The predicted molar refractivity (Wildman–Crippen MR) is 112 cm³/mol. The molecule has 0 saturated carbocycles. The molecule has 0 atom stereocenters. The van der Waals surface area contributed by atoms with Crippen molar-refractivity contribution in [1.29, 1.82) is 0 Å². The van der Waals surface area contributed by atoms with Crippen molar-refractivity contribution in [3.05, 3.63) is 40.7 Å². The molecule has 1 aromatic heterocycles. The number of anilines is 2. The van der Waals surface area contributed by atoms with Crippen LogP contribution in [0.4, 0.5) is 16.4 Å². The number of benzene rings is 1. The van der Waals surface area contributed by atoms with E-state index in [1.807, 2.05) is 0 Å². The van der Waals surface area contributed by atoms with Crippen LogP contribution in [-0.2, 0) is 40.4 Å². The molecule has 0 radical (unpaired) electrons. The summed E-state index contributed by atoms with van der Waals surface area (Å²) < 4.78 is 32.2. The van der Waals surface area contributed by atoms with Gasteiger partial charge in [-0.3, -0.25) is 0 Å². The molecule has 2 amide bonds. The molecule has 0 aliphatic heterocycles. The number of amides is 2. The third-order valence-corrected chi connectivity index (χ3v) is 6.75. The first-order chi connectivity index (χ1) is 14.5. The Morgan fingerprint density at radius 3 is 2.30 bits per heavy atom. The fraction of sp³-hybridized carbons (Fsp3) is 0.450. The summed E-state index contributed by atoms with van der Waals surface area (Å²) in [7, 11) is -2.51. The third-order valence-electron chi connectivity index (χ3n) is 5.47. The first kappa shape index (κ1) is 20.5. The van der Waals surface area contributed by atoms with Gasteiger partial charge in [0, 0.05) is 19.3 Å². The molecule has 2 aliphatic carbocycles. The fourth-order valence-corrected chi connectivity index (χ4v) is 4.89. The van der Waals surface area contributed by atoms with Crippen molar-refractivity contribution in [3.63, 3.8) is 0 Å². The van der Waals surface area contributed by atoms with Crippen molar-refractivity contribution in [2.75, 3.05) is 30.9 Å². The van der Waals surface area contributed by atoms with E-state index >= 15 is 0 Å². The highest BCUT2D eigenvalue weighted by atomic mass is 32.2. The van der Waals surface area contributed by atoms with Gasteiger partial charge in [0.15, 0.2) is 0 Å². The molecule has 9 nitrogen and oxygen atoms in total. The van der Waals surface area contributed by atoms with E-state index in [4.69, 9.17) is 4.74 Å². The molecule has 30 heavy (non-hydrogen) atoms. The van der Waals surface area contributed by atoms with Crippen molar-refractivity contribution >= 4 is 27.7 Å². The average molecular weight is 432 g/mol. The third kappa shape index (κ3) is 4.24. The molecule has 0 fully saturated rings. The maximum absolute atomic E-state index is 12.6.